The smallest absolute Gasteiger partial charge is 0.234 e. The third kappa shape index (κ3) is 4.78. The highest BCUT2D eigenvalue weighted by atomic mass is 35.5. The highest BCUT2D eigenvalue weighted by Gasteiger charge is 2.23. The molecule has 0 saturated carbocycles. The number of benzene rings is 1. The molecule has 1 fully saturated rings. The van der Waals surface area contributed by atoms with Crippen LogP contribution >= 0.6 is 12.4 Å². The minimum atomic E-state index is 0. The molecule has 112 valence electrons. The van der Waals surface area contributed by atoms with Crippen molar-refractivity contribution in [2.75, 3.05) is 26.2 Å². The second-order valence-corrected chi connectivity index (χ2v) is 5.33. The zero-order valence-electron chi connectivity index (χ0n) is 11.9. The summed E-state index contributed by atoms with van der Waals surface area (Å²) in [7, 11) is 0. The van der Waals surface area contributed by atoms with E-state index >= 15 is 0 Å². The number of amides is 1. The summed E-state index contributed by atoms with van der Waals surface area (Å²) in [6.07, 6.45) is 1.11. The van der Waals surface area contributed by atoms with Crippen LogP contribution in [0.2, 0.25) is 0 Å². The van der Waals surface area contributed by atoms with Crippen LogP contribution in [0.1, 0.15) is 24.9 Å². The molecule has 0 bridgehead atoms. The van der Waals surface area contributed by atoms with Crippen molar-refractivity contribution in [3.63, 3.8) is 0 Å². The summed E-state index contributed by atoms with van der Waals surface area (Å²) in [5.41, 5.74) is 6.79. The van der Waals surface area contributed by atoms with Crippen molar-refractivity contribution in [1.82, 2.24) is 10.2 Å². The van der Waals surface area contributed by atoms with Crippen LogP contribution in [0.15, 0.2) is 30.3 Å². The van der Waals surface area contributed by atoms with E-state index in [0.717, 1.165) is 31.6 Å². The van der Waals surface area contributed by atoms with Gasteiger partial charge in [0.25, 0.3) is 0 Å². The van der Waals surface area contributed by atoms with Crippen LogP contribution in [0, 0.1) is 5.92 Å². The van der Waals surface area contributed by atoms with Crippen molar-refractivity contribution in [2.24, 2.45) is 11.7 Å². The second-order valence-electron chi connectivity index (χ2n) is 5.33. The van der Waals surface area contributed by atoms with Gasteiger partial charge in [-0.25, -0.2) is 0 Å². The summed E-state index contributed by atoms with van der Waals surface area (Å²) in [6.45, 7) is 5.14. The first-order valence-electron chi connectivity index (χ1n) is 6.95. The zero-order chi connectivity index (χ0) is 13.7. The summed E-state index contributed by atoms with van der Waals surface area (Å²) in [5.74, 6) is 0.647. The number of nitrogens with one attached hydrogen (secondary N) is 1. The Morgan fingerprint density at radius 3 is 2.75 bits per heavy atom. The topological polar surface area (TPSA) is 58.4 Å². The van der Waals surface area contributed by atoms with Gasteiger partial charge >= 0.3 is 0 Å². The molecule has 1 amide bonds. The Kier molecular flexibility index (Phi) is 6.99. The number of rotatable bonds is 5. The summed E-state index contributed by atoms with van der Waals surface area (Å²) in [4.78, 5) is 14.2. The van der Waals surface area contributed by atoms with Gasteiger partial charge in [0, 0.05) is 6.54 Å². The van der Waals surface area contributed by atoms with Crippen molar-refractivity contribution in [2.45, 2.75) is 19.4 Å². The first kappa shape index (κ1) is 17.0. The van der Waals surface area contributed by atoms with E-state index in [2.05, 4.69) is 10.2 Å². The maximum absolute atomic E-state index is 12.0. The van der Waals surface area contributed by atoms with Gasteiger partial charge in [-0.3, -0.25) is 9.69 Å². The molecule has 1 aromatic rings. The van der Waals surface area contributed by atoms with Gasteiger partial charge in [0.2, 0.25) is 5.91 Å². The molecule has 2 unspecified atom stereocenters. The Morgan fingerprint density at radius 1 is 1.45 bits per heavy atom. The van der Waals surface area contributed by atoms with Crippen LogP contribution in [-0.4, -0.2) is 37.0 Å². The number of halogens is 1. The van der Waals surface area contributed by atoms with Gasteiger partial charge in [0.1, 0.15) is 0 Å². The molecule has 2 rings (SSSR count). The zero-order valence-corrected chi connectivity index (χ0v) is 12.7. The minimum absolute atomic E-state index is 0. The van der Waals surface area contributed by atoms with E-state index in [9.17, 15) is 4.79 Å². The molecule has 0 spiro atoms. The van der Waals surface area contributed by atoms with Crippen LogP contribution in [0.5, 0.6) is 0 Å². The lowest BCUT2D eigenvalue weighted by molar-refractivity contribution is -0.122. The Bertz CT molecular complexity index is 413. The van der Waals surface area contributed by atoms with Crippen LogP contribution < -0.4 is 11.1 Å². The van der Waals surface area contributed by atoms with Crippen molar-refractivity contribution in [3.8, 4) is 0 Å². The number of nitrogens with zero attached hydrogens (tertiary/aromatic N) is 1. The van der Waals surface area contributed by atoms with E-state index in [0.29, 0.717) is 12.5 Å². The summed E-state index contributed by atoms with van der Waals surface area (Å²) >= 11 is 0. The molecule has 1 aromatic carbocycles. The van der Waals surface area contributed by atoms with Crippen LogP contribution in [0.4, 0.5) is 0 Å². The molecule has 0 aliphatic carbocycles. The number of carbonyl (C=O) groups excluding carboxylic acids is 1. The van der Waals surface area contributed by atoms with Crippen LogP contribution in [0.3, 0.4) is 0 Å². The summed E-state index contributed by atoms with van der Waals surface area (Å²) in [5, 5.41) is 3.04. The van der Waals surface area contributed by atoms with Gasteiger partial charge in [-0.1, -0.05) is 30.3 Å². The Hall–Kier alpha value is -1.10. The molecular formula is C15H24ClN3O. The molecule has 1 aliphatic rings. The number of nitrogens with two attached hydrogens (primary N) is 1. The fraction of sp³-hybridized carbons (Fsp3) is 0.533. The van der Waals surface area contributed by atoms with Crippen molar-refractivity contribution in [3.05, 3.63) is 35.9 Å². The highest BCUT2D eigenvalue weighted by Crippen LogP contribution is 2.15. The predicted octanol–water partition coefficient (Wildman–Crippen LogP) is 1.57. The fourth-order valence-corrected chi connectivity index (χ4v) is 2.56. The lowest BCUT2D eigenvalue weighted by atomic mass is 10.1. The molecule has 3 N–H and O–H groups in total. The monoisotopic (exact) mass is 297 g/mol. The third-order valence-corrected chi connectivity index (χ3v) is 3.75. The van der Waals surface area contributed by atoms with Crippen molar-refractivity contribution < 1.29 is 4.79 Å². The van der Waals surface area contributed by atoms with Crippen molar-refractivity contribution >= 4 is 18.3 Å². The predicted molar refractivity (Wildman–Crippen MR) is 83.8 cm³/mol. The van der Waals surface area contributed by atoms with Gasteiger partial charge in [0.15, 0.2) is 0 Å². The highest BCUT2D eigenvalue weighted by molar-refractivity contribution is 5.85. The molecule has 0 radical (unpaired) electrons. The average Bonchev–Trinajstić information content (AvgIpc) is 2.87. The van der Waals surface area contributed by atoms with E-state index in [1.54, 1.807) is 0 Å². The third-order valence-electron chi connectivity index (χ3n) is 3.75. The lowest BCUT2D eigenvalue weighted by Gasteiger charge is -2.18. The normalized spacial score (nSPS) is 20.2. The van der Waals surface area contributed by atoms with Crippen LogP contribution in [-0.2, 0) is 4.79 Å². The molecule has 0 aromatic heterocycles. The molecule has 1 saturated heterocycles. The van der Waals surface area contributed by atoms with E-state index in [4.69, 9.17) is 5.73 Å². The first-order valence-corrected chi connectivity index (χ1v) is 6.95. The lowest BCUT2D eigenvalue weighted by Crippen LogP contribution is -2.37. The number of likely N-dealkylation sites (tertiary alicyclic amines) is 1. The molecule has 4 nitrogen and oxygen atoms in total. The van der Waals surface area contributed by atoms with E-state index in [1.807, 2.05) is 37.3 Å². The second kappa shape index (κ2) is 8.25. The van der Waals surface area contributed by atoms with Gasteiger partial charge < -0.3 is 11.1 Å². The quantitative estimate of drug-likeness (QED) is 0.867. The molecule has 1 heterocycles. The molecule has 20 heavy (non-hydrogen) atoms. The largest absolute Gasteiger partial charge is 0.348 e. The van der Waals surface area contributed by atoms with E-state index in [-0.39, 0.29) is 24.4 Å². The number of hydrogen-bond donors (Lipinski definition) is 2. The maximum atomic E-state index is 12.0. The van der Waals surface area contributed by atoms with Gasteiger partial charge in [0.05, 0.1) is 12.6 Å². The summed E-state index contributed by atoms with van der Waals surface area (Å²) < 4.78 is 0. The number of hydrogen-bond acceptors (Lipinski definition) is 3. The maximum Gasteiger partial charge on any atom is 0.234 e. The van der Waals surface area contributed by atoms with Crippen LogP contribution in [0.25, 0.3) is 0 Å². The number of carbonyl (C=O) groups is 1. The van der Waals surface area contributed by atoms with E-state index in [1.165, 1.54) is 0 Å². The van der Waals surface area contributed by atoms with Gasteiger partial charge in [-0.05, 0) is 37.9 Å². The SMILES string of the molecule is CC(NC(=O)CN1CCC(CN)C1)c1ccccc1.Cl. The molecule has 1 aliphatic heterocycles. The molecular weight excluding hydrogens is 274 g/mol. The van der Waals surface area contributed by atoms with Crippen molar-refractivity contribution in [1.29, 1.82) is 0 Å². The van der Waals surface area contributed by atoms with E-state index < -0.39 is 0 Å². The minimum Gasteiger partial charge on any atom is -0.348 e. The Labute approximate surface area is 127 Å². The standard InChI is InChI=1S/C15H23N3O.ClH/c1-12(14-5-3-2-4-6-14)17-15(19)11-18-8-7-13(9-16)10-18;/h2-6,12-13H,7-11,16H2,1H3,(H,17,19);1H. The fourth-order valence-electron chi connectivity index (χ4n) is 2.56. The average molecular weight is 298 g/mol. The molecule has 5 heteroatoms. The Balaban J connectivity index is 0.00000200. The van der Waals surface area contributed by atoms with Gasteiger partial charge in [-0.2, -0.15) is 0 Å². The Morgan fingerprint density at radius 2 is 2.15 bits per heavy atom. The summed E-state index contributed by atoms with van der Waals surface area (Å²) in [6, 6.07) is 10.1. The molecule has 2 atom stereocenters. The first-order chi connectivity index (χ1) is 9.19. The van der Waals surface area contributed by atoms with Gasteiger partial charge in [-0.15, -0.1) is 12.4 Å².